The largest absolute Gasteiger partial charge is 0.317 e. The van der Waals surface area contributed by atoms with Crippen molar-refractivity contribution in [3.63, 3.8) is 0 Å². The fourth-order valence-corrected chi connectivity index (χ4v) is 1.56. The first-order chi connectivity index (χ1) is 7.07. The third-order valence-electron chi connectivity index (χ3n) is 3.66. The second-order valence-corrected chi connectivity index (χ2v) is 5.42. The van der Waals surface area contributed by atoms with Crippen LogP contribution in [0.25, 0.3) is 0 Å². The van der Waals surface area contributed by atoms with E-state index in [-0.39, 0.29) is 0 Å². The Morgan fingerprint density at radius 1 is 0.933 bits per heavy atom. The lowest BCUT2D eigenvalue weighted by atomic mass is 9.93. The molecule has 0 saturated carbocycles. The standard InChI is InChI=1S/C14H31N/c1-6-13(4)9-11-15-10-7-8-14(5)12(2)3/h12-15H,6-11H2,1-5H3/t13-,14-/m1/s1. The van der Waals surface area contributed by atoms with Crippen molar-refractivity contribution in [3.05, 3.63) is 0 Å². The number of nitrogens with one attached hydrogen (secondary N) is 1. The normalized spacial score (nSPS) is 15.6. The van der Waals surface area contributed by atoms with Gasteiger partial charge in [0, 0.05) is 0 Å². The molecule has 2 atom stereocenters. The summed E-state index contributed by atoms with van der Waals surface area (Å²) < 4.78 is 0. The van der Waals surface area contributed by atoms with Crippen LogP contribution in [0, 0.1) is 17.8 Å². The van der Waals surface area contributed by atoms with E-state index in [0.29, 0.717) is 0 Å². The van der Waals surface area contributed by atoms with Gasteiger partial charge in [0.15, 0.2) is 0 Å². The van der Waals surface area contributed by atoms with E-state index in [9.17, 15) is 0 Å². The minimum absolute atomic E-state index is 0.838. The summed E-state index contributed by atoms with van der Waals surface area (Å²) in [6, 6.07) is 0. The summed E-state index contributed by atoms with van der Waals surface area (Å²) in [6.45, 7) is 14.0. The minimum Gasteiger partial charge on any atom is -0.317 e. The second kappa shape index (κ2) is 9.21. The summed E-state index contributed by atoms with van der Waals surface area (Å²) in [6.07, 6.45) is 5.34. The van der Waals surface area contributed by atoms with Gasteiger partial charge in [-0.25, -0.2) is 0 Å². The molecular weight excluding hydrogens is 182 g/mol. The SMILES string of the molecule is CC[C@@H](C)CCNCCC[C@@H](C)C(C)C. The number of rotatable bonds is 9. The Bertz CT molecular complexity index is 131. The van der Waals surface area contributed by atoms with Gasteiger partial charge in [0.2, 0.25) is 0 Å². The summed E-state index contributed by atoms with van der Waals surface area (Å²) in [7, 11) is 0. The maximum Gasteiger partial charge on any atom is -0.00464 e. The van der Waals surface area contributed by atoms with E-state index in [4.69, 9.17) is 0 Å². The van der Waals surface area contributed by atoms with Crippen LogP contribution in [-0.4, -0.2) is 13.1 Å². The van der Waals surface area contributed by atoms with Gasteiger partial charge in [0.1, 0.15) is 0 Å². The van der Waals surface area contributed by atoms with E-state index < -0.39 is 0 Å². The maximum atomic E-state index is 3.54. The Morgan fingerprint density at radius 3 is 2.13 bits per heavy atom. The lowest BCUT2D eigenvalue weighted by Crippen LogP contribution is -2.19. The Balaban J connectivity index is 3.18. The molecule has 92 valence electrons. The monoisotopic (exact) mass is 213 g/mol. The Kier molecular flexibility index (Phi) is 9.18. The third kappa shape index (κ3) is 8.92. The molecule has 0 aromatic rings. The van der Waals surface area contributed by atoms with Crippen molar-refractivity contribution in [2.45, 2.75) is 60.3 Å². The molecule has 1 N–H and O–H groups in total. The van der Waals surface area contributed by atoms with Crippen LogP contribution in [0.3, 0.4) is 0 Å². The quantitative estimate of drug-likeness (QED) is 0.569. The first-order valence-electron chi connectivity index (χ1n) is 6.78. The van der Waals surface area contributed by atoms with Gasteiger partial charge in [-0.1, -0.05) is 41.0 Å². The Morgan fingerprint density at radius 2 is 1.60 bits per heavy atom. The zero-order chi connectivity index (χ0) is 11.7. The first-order valence-corrected chi connectivity index (χ1v) is 6.78. The number of hydrogen-bond acceptors (Lipinski definition) is 1. The molecule has 0 fully saturated rings. The van der Waals surface area contributed by atoms with Crippen molar-refractivity contribution >= 4 is 0 Å². The van der Waals surface area contributed by atoms with Crippen LogP contribution in [0.15, 0.2) is 0 Å². The van der Waals surface area contributed by atoms with E-state index >= 15 is 0 Å². The second-order valence-electron chi connectivity index (χ2n) is 5.42. The fraction of sp³-hybridized carbons (Fsp3) is 1.00. The van der Waals surface area contributed by atoms with Crippen LogP contribution in [0.5, 0.6) is 0 Å². The van der Waals surface area contributed by atoms with Crippen LogP contribution < -0.4 is 5.32 Å². The van der Waals surface area contributed by atoms with Gasteiger partial charge in [-0.3, -0.25) is 0 Å². The Hall–Kier alpha value is -0.0400. The lowest BCUT2D eigenvalue weighted by molar-refractivity contribution is 0.376. The van der Waals surface area contributed by atoms with Crippen molar-refractivity contribution in [1.82, 2.24) is 5.32 Å². The molecule has 0 aliphatic rings. The van der Waals surface area contributed by atoms with Crippen molar-refractivity contribution in [1.29, 1.82) is 0 Å². The molecule has 1 nitrogen and oxygen atoms in total. The summed E-state index contributed by atoms with van der Waals surface area (Å²) >= 11 is 0. The van der Waals surface area contributed by atoms with Crippen molar-refractivity contribution in [2.24, 2.45) is 17.8 Å². The molecule has 0 saturated heterocycles. The van der Waals surface area contributed by atoms with Crippen LogP contribution in [-0.2, 0) is 0 Å². The van der Waals surface area contributed by atoms with Gasteiger partial charge < -0.3 is 5.32 Å². The van der Waals surface area contributed by atoms with Crippen LogP contribution >= 0.6 is 0 Å². The van der Waals surface area contributed by atoms with E-state index in [2.05, 4.69) is 39.9 Å². The van der Waals surface area contributed by atoms with Gasteiger partial charge in [-0.15, -0.1) is 0 Å². The highest BCUT2D eigenvalue weighted by Crippen LogP contribution is 2.15. The lowest BCUT2D eigenvalue weighted by Gasteiger charge is -2.15. The van der Waals surface area contributed by atoms with Gasteiger partial charge in [0.05, 0.1) is 0 Å². The molecule has 0 aliphatic carbocycles. The zero-order valence-electron chi connectivity index (χ0n) is 11.5. The average molecular weight is 213 g/mol. The molecule has 0 rings (SSSR count). The van der Waals surface area contributed by atoms with Crippen LogP contribution in [0.2, 0.25) is 0 Å². The molecule has 0 aromatic heterocycles. The highest BCUT2D eigenvalue weighted by atomic mass is 14.8. The van der Waals surface area contributed by atoms with Crippen molar-refractivity contribution in [2.75, 3.05) is 13.1 Å². The fourth-order valence-electron chi connectivity index (χ4n) is 1.56. The molecule has 0 unspecified atom stereocenters. The molecule has 0 spiro atoms. The molecule has 0 aromatic carbocycles. The van der Waals surface area contributed by atoms with E-state index in [1.807, 2.05) is 0 Å². The summed E-state index contributed by atoms with van der Waals surface area (Å²) in [4.78, 5) is 0. The molecule has 15 heavy (non-hydrogen) atoms. The van der Waals surface area contributed by atoms with Gasteiger partial charge in [0.25, 0.3) is 0 Å². The van der Waals surface area contributed by atoms with E-state index in [0.717, 1.165) is 17.8 Å². The van der Waals surface area contributed by atoms with Gasteiger partial charge >= 0.3 is 0 Å². The van der Waals surface area contributed by atoms with E-state index in [1.54, 1.807) is 0 Å². The van der Waals surface area contributed by atoms with Crippen LogP contribution in [0.4, 0.5) is 0 Å². The topological polar surface area (TPSA) is 12.0 Å². The van der Waals surface area contributed by atoms with Gasteiger partial charge in [-0.2, -0.15) is 0 Å². The molecule has 0 bridgehead atoms. The first kappa shape index (κ1) is 15.0. The highest BCUT2D eigenvalue weighted by molar-refractivity contribution is 4.59. The Labute approximate surface area is 97.0 Å². The summed E-state index contributed by atoms with van der Waals surface area (Å²) in [5.74, 6) is 2.60. The maximum absolute atomic E-state index is 3.54. The average Bonchev–Trinajstić information content (AvgIpc) is 2.22. The molecule has 0 radical (unpaired) electrons. The number of hydrogen-bond donors (Lipinski definition) is 1. The third-order valence-corrected chi connectivity index (χ3v) is 3.66. The minimum atomic E-state index is 0.838. The molecule has 0 heterocycles. The van der Waals surface area contributed by atoms with Crippen LogP contribution in [0.1, 0.15) is 60.3 Å². The van der Waals surface area contributed by atoms with Crippen molar-refractivity contribution in [3.8, 4) is 0 Å². The molecular formula is C14H31N. The molecule has 1 heteroatoms. The zero-order valence-corrected chi connectivity index (χ0v) is 11.5. The highest BCUT2D eigenvalue weighted by Gasteiger charge is 2.05. The molecule has 0 aliphatic heterocycles. The van der Waals surface area contributed by atoms with Crippen molar-refractivity contribution < 1.29 is 0 Å². The molecule has 0 amide bonds. The predicted molar refractivity (Wildman–Crippen MR) is 70.2 cm³/mol. The van der Waals surface area contributed by atoms with E-state index in [1.165, 1.54) is 38.8 Å². The van der Waals surface area contributed by atoms with Gasteiger partial charge in [-0.05, 0) is 50.1 Å². The smallest absolute Gasteiger partial charge is 0.00464 e. The predicted octanol–water partition coefficient (Wildman–Crippen LogP) is 4.08. The summed E-state index contributed by atoms with van der Waals surface area (Å²) in [5, 5.41) is 3.54. The summed E-state index contributed by atoms with van der Waals surface area (Å²) in [5.41, 5.74) is 0.